The van der Waals surface area contributed by atoms with Crippen molar-refractivity contribution >= 4 is 11.9 Å². The van der Waals surface area contributed by atoms with Crippen molar-refractivity contribution in [2.75, 3.05) is 26.3 Å². The number of aliphatic hydroxyl groups is 2. The standard InChI is InChI=1S/C11H19NO5/c1-11(2)7(8(11)10(16)17)9(15)12(3-5-13)4-6-14/h7-8,13-14H,3-6H2,1-2H3,(H,16,17). The molecular formula is C11H19NO5. The third-order valence-corrected chi connectivity index (χ3v) is 3.41. The van der Waals surface area contributed by atoms with Crippen LogP contribution in [0, 0.1) is 17.3 Å². The van der Waals surface area contributed by atoms with Crippen molar-refractivity contribution in [3.8, 4) is 0 Å². The van der Waals surface area contributed by atoms with Crippen molar-refractivity contribution in [1.29, 1.82) is 0 Å². The van der Waals surface area contributed by atoms with E-state index in [0.29, 0.717) is 0 Å². The Morgan fingerprint density at radius 3 is 1.88 bits per heavy atom. The van der Waals surface area contributed by atoms with Crippen LogP contribution in [0.2, 0.25) is 0 Å². The fourth-order valence-electron chi connectivity index (χ4n) is 2.33. The lowest BCUT2D eigenvalue weighted by atomic mass is 10.1. The van der Waals surface area contributed by atoms with Gasteiger partial charge in [-0.1, -0.05) is 13.8 Å². The van der Waals surface area contributed by atoms with E-state index in [1.165, 1.54) is 4.90 Å². The molecule has 0 saturated heterocycles. The Labute approximate surface area is 99.8 Å². The summed E-state index contributed by atoms with van der Waals surface area (Å²) in [6.07, 6.45) is 0. The molecule has 1 rings (SSSR count). The van der Waals surface area contributed by atoms with Gasteiger partial charge in [-0.25, -0.2) is 0 Å². The molecule has 2 unspecified atom stereocenters. The van der Waals surface area contributed by atoms with Crippen LogP contribution in [0.3, 0.4) is 0 Å². The first-order valence-electron chi connectivity index (χ1n) is 5.61. The van der Waals surface area contributed by atoms with Crippen molar-refractivity contribution < 1.29 is 24.9 Å². The zero-order valence-electron chi connectivity index (χ0n) is 10.1. The molecule has 0 spiro atoms. The Hall–Kier alpha value is -1.14. The molecular weight excluding hydrogens is 226 g/mol. The highest BCUT2D eigenvalue weighted by molar-refractivity contribution is 5.91. The van der Waals surface area contributed by atoms with Gasteiger partial charge in [-0.2, -0.15) is 0 Å². The summed E-state index contributed by atoms with van der Waals surface area (Å²) in [5.41, 5.74) is -0.550. The van der Waals surface area contributed by atoms with E-state index >= 15 is 0 Å². The third kappa shape index (κ3) is 2.58. The number of carbonyl (C=O) groups is 2. The molecule has 0 aliphatic heterocycles. The molecule has 1 aliphatic carbocycles. The summed E-state index contributed by atoms with van der Waals surface area (Å²) in [5, 5.41) is 26.6. The minimum absolute atomic E-state index is 0.123. The molecule has 1 amide bonds. The molecule has 1 aliphatic rings. The number of rotatable bonds is 6. The van der Waals surface area contributed by atoms with Crippen molar-refractivity contribution in [2.24, 2.45) is 17.3 Å². The number of nitrogens with zero attached hydrogens (tertiary/aromatic N) is 1. The summed E-state index contributed by atoms with van der Waals surface area (Å²) in [6, 6.07) is 0. The van der Waals surface area contributed by atoms with Crippen LogP contribution in [-0.2, 0) is 9.59 Å². The van der Waals surface area contributed by atoms with E-state index in [1.54, 1.807) is 13.8 Å². The Morgan fingerprint density at radius 2 is 1.59 bits per heavy atom. The van der Waals surface area contributed by atoms with E-state index < -0.39 is 23.2 Å². The topological polar surface area (TPSA) is 98.1 Å². The van der Waals surface area contributed by atoms with E-state index in [2.05, 4.69) is 0 Å². The van der Waals surface area contributed by atoms with E-state index in [9.17, 15) is 9.59 Å². The molecule has 2 atom stereocenters. The number of aliphatic carboxylic acids is 1. The third-order valence-electron chi connectivity index (χ3n) is 3.41. The summed E-state index contributed by atoms with van der Waals surface area (Å²) in [6.45, 7) is 3.33. The molecule has 0 heterocycles. The molecule has 6 heteroatoms. The maximum atomic E-state index is 12.1. The highest BCUT2D eigenvalue weighted by Gasteiger charge is 2.66. The Balaban J connectivity index is 2.72. The van der Waals surface area contributed by atoms with Gasteiger partial charge >= 0.3 is 5.97 Å². The minimum atomic E-state index is -0.971. The SMILES string of the molecule is CC1(C)C(C(=O)O)C1C(=O)N(CCO)CCO. The first kappa shape index (κ1) is 13.9. The second-order valence-corrected chi connectivity index (χ2v) is 4.89. The van der Waals surface area contributed by atoms with Gasteiger partial charge < -0.3 is 20.2 Å². The molecule has 6 nitrogen and oxygen atoms in total. The summed E-state index contributed by atoms with van der Waals surface area (Å²) in [7, 11) is 0. The predicted molar refractivity (Wildman–Crippen MR) is 59.1 cm³/mol. The van der Waals surface area contributed by atoms with Crippen molar-refractivity contribution in [3.05, 3.63) is 0 Å². The number of hydrogen-bond donors (Lipinski definition) is 3. The van der Waals surface area contributed by atoms with Gasteiger partial charge in [-0.05, 0) is 5.41 Å². The molecule has 0 bridgehead atoms. The molecule has 1 fully saturated rings. The largest absolute Gasteiger partial charge is 0.481 e. The van der Waals surface area contributed by atoms with Gasteiger partial charge in [-0.3, -0.25) is 9.59 Å². The van der Waals surface area contributed by atoms with E-state index in [4.69, 9.17) is 15.3 Å². The number of amides is 1. The van der Waals surface area contributed by atoms with Gasteiger partial charge in [0, 0.05) is 13.1 Å². The number of carboxylic acids is 1. The van der Waals surface area contributed by atoms with Gasteiger partial charge in [0.2, 0.25) is 5.91 Å². The maximum Gasteiger partial charge on any atom is 0.307 e. The van der Waals surface area contributed by atoms with Crippen LogP contribution in [0.25, 0.3) is 0 Å². The number of aliphatic hydroxyl groups excluding tert-OH is 2. The lowest BCUT2D eigenvalue weighted by Gasteiger charge is -2.21. The lowest BCUT2D eigenvalue weighted by Crippen LogP contribution is -2.38. The fourth-order valence-corrected chi connectivity index (χ4v) is 2.33. The van der Waals surface area contributed by atoms with Crippen molar-refractivity contribution in [1.82, 2.24) is 4.90 Å². The van der Waals surface area contributed by atoms with Crippen LogP contribution < -0.4 is 0 Å². The number of carboxylic acid groups (broad SMARTS) is 1. The maximum absolute atomic E-state index is 12.1. The Morgan fingerprint density at radius 1 is 1.12 bits per heavy atom. The molecule has 98 valence electrons. The van der Waals surface area contributed by atoms with Gasteiger partial charge in [0.05, 0.1) is 25.0 Å². The minimum Gasteiger partial charge on any atom is -0.481 e. The van der Waals surface area contributed by atoms with Crippen molar-refractivity contribution in [2.45, 2.75) is 13.8 Å². The van der Waals surface area contributed by atoms with E-state index in [0.717, 1.165) is 0 Å². The predicted octanol–water partition coefficient (Wildman–Crippen LogP) is -0.844. The quantitative estimate of drug-likeness (QED) is 0.566. The van der Waals surface area contributed by atoms with Crippen LogP contribution >= 0.6 is 0 Å². The number of carbonyl (C=O) groups excluding carboxylic acids is 1. The molecule has 3 N–H and O–H groups in total. The molecule has 0 aromatic carbocycles. The van der Waals surface area contributed by atoms with Crippen molar-refractivity contribution in [3.63, 3.8) is 0 Å². The average Bonchev–Trinajstić information content (AvgIpc) is 2.80. The van der Waals surface area contributed by atoms with Gasteiger partial charge in [0.25, 0.3) is 0 Å². The highest BCUT2D eigenvalue weighted by atomic mass is 16.4. The van der Waals surface area contributed by atoms with E-state index in [1.807, 2.05) is 0 Å². The average molecular weight is 245 g/mol. The second kappa shape index (κ2) is 5.01. The molecule has 0 aromatic heterocycles. The first-order chi connectivity index (χ1) is 7.87. The summed E-state index contributed by atoms with van der Waals surface area (Å²) in [4.78, 5) is 24.3. The summed E-state index contributed by atoms with van der Waals surface area (Å²) >= 11 is 0. The van der Waals surface area contributed by atoms with Gasteiger partial charge in [-0.15, -0.1) is 0 Å². The Bertz CT molecular complexity index is 309. The second-order valence-electron chi connectivity index (χ2n) is 4.89. The Kier molecular flexibility index (Phi) is 4.11. The summed E-state index contributed by atoms with van der Waals surface area (Å²) < 4.78 is 0. The normalized spacial score (nSPS) is 25.4. The smallest absolute Gasteiger partial charge is 0.307 e. The first-order valence-corrected chi connectivity index (χ1v) is 5.61. The van der Waals surface area contributed by atoms with Crippen LogP contribution in [0.1, 0.15) is 13.8 Å². The highest BCUT2D eigenvalue weighted by Crippen LogP contribution is 2.58. The van der Waals surface area contributed by atoms with Crippen LogP contribution in [0.15, 0.2) is 0 Å². The zero-order chi connectivity index (χ0) is 13.2. The molecule has 17 heavy (non-hydrogen) atoms. The molecule has 0 aromatic rings. The van der Waals surface area contributed by atoms with E-state index in [-0.39, 0.29) is 32.2 Å². The van der Waals surface area contributed by atoms with Crippen LogP contribution in [0.5, 0.6) is 0 Å². The van der Waals surface area contributed by atoms with Gasteiger partial charge in [0.1, 0.15) is 0 Å². The zero-order valence-corrected chi connectivity index (χ0v) is 10.1. The number of hydrogen-bond acceptors (Lipinski definition) is 4. The molecule has 0 radical (unpaired) electrons. The van der Waals surface area contributed by atoms with Gasteiger partial charge in [0.15, 0.2) is 0 Å². The van der Waals surface area contributed by atoms with Crippen LogP contribution in [0.4, 0.5) is 0 Å². The lowest BCUT2D eigenvalue weighted by molar-refractivity contribution is -0.142. The summed E-state index contributed by atoms with van der Waals surface area (Å²) in [5.74, 6) is -2.50. The molecule has 1 saturated carbocycles. The monoisotopic (exact) mass is 245 g/mol. The van der Waals surface area contributed by atoms with Crippen LogP contribution in [-0.4, -0.2) is 58.4 Å². The fraction of sp³-hybridized carbons (Fsp3) is 0.818.